The Kier molecular flexibility index (Phi) is 5.04. The summed E-state index contributed by atoms with van der Waals surface area (Å²) >= 11 is 0. The van der Waals surface area contributed by atoms with Gasteiger partial charge in [-0.05, 0) is 37.0 Å². The van der Waals surface area contributed by atoms with Crippen LogP contribution in [0.3, 0.4) is 0 Å². The number of benzene rings is 1. The summed E-state index contributed by atoms with van der Waals surface area (Å²) in [6.07, 6.45) is -3.53. The van der Waals surface area contributed by atoms with Crippen LogP contribution >= 0.6 is 0 Å². The van der Waals surface area contributed by atoms with E-state index in [0.717, 1.165) is 31.6 Å². The Balaban J connectivity index is 1.92. The van der Waals surface area contributed by atoms with Crippen LogP contribution in [0.1, 0.15) is 38.3 Å². The molecule has 1 amide bonds. The molecule has 1 atom stereocenters. The van der Waals surface area contributed by atoms with Crippen LogP contribution in [0, 0.1) is 5.92 Å². The fraction of sp³-hybridized carbons (Fsp3) is 0.588. The minimum atomic E-state index is -4.33. The van der Waals surface area contributed by atoms with Crippen molar-refractivity contribution in [2.45, 2.75) is 45.5 Å². The average molecular weight is 328 g/mol. The summed E-state index contributed by atoms with van der Waals surface area (Å²) in [6.45, 7) is 8.15. The maximum absolute atomic E-state index is 12.5. The molecule has 6 heteroatoms. The van der Waals surface area contributed by atoms with Gasteiger partial charge in [0.25, 0.3) is 0 Å². The molecule has 1 saturated heterocycles. The van der Waals surface area contributed by atoms with E-state index in [0.29, 0.717) is 11.5 Å². The lowest BCUT2D eigenvalue weighted by Crippen LogP contribution is -2.66. The molecule has 1 fully saturated rings. The van der Waals surface area contributed by atoms with Gasteiger partial charge in [0, 0.05) is 19.6 Å². The zero-order valence-corrected chi connectivity index (χ0v) is 13.7. The van der Waals surface area contributed by atoms with Gasteiger partial charge < -0.3 is 5.32 Å². The van der Waals surface area contributed by atoms with Gasteiger partial charge in [-0.3, -0.25) is 9.69 Å². The van der Waals surface area contributed by atoms with Crippen molar-refractivity contribution in [2.24, 2.45) is 5.92 Å². The minimum absolute atomic E-state index is 0.0655. The Bertz CT molecular complexity index is 554. The fourth-order valence-corrected chi connectivity index (χ4v) is 2.78. The third kappa shape index (κ3) is 4.05. The smallest absolute Gasteiger partial charge is 0.350 e. The number of nitrogens with zero attached hydrogens (tertiary/aromatic N) is 1. The summed E-state index contributed by atoms with van der Waals surface area (Å²) in [4.78, 5) is 14.6. The molecule has 1 aromatic carbocycles. The first-order valence-electron chi connectivity index (χ1n) is 7.82. The first-order valence-corrected chi connectivity index (χ1v) is 7.82. The van der Waals surface area contributed by atoms with Crippen molar-refractivity contribution < 1.29 is 18.0 Å². The summed E-state index contributed by atoms with van der Waals surface area (Å²) in [5.74, 6) is 0.418. The first-order chi connectivity index (χ1) is 10.6. The van der Waals surface area contributed by atoms with Crippen LogP contribution in [0.15, 0.2) is 24.3 Å². The van der Waals surface area contributed by atoms with Gasteiger partial charge in [0.05, 0.1) is 11.1 Å². The molecule has 1 aliphatic rings. The number of alkyl halides is 3. The summed E-state index contributed by atoms with van der Waals surface area (Å²) in [5.41, 5.74) is -0.526. The Morgan fingerprint density at radius 3 is 2.35 bits per heavy atom. The SMILES string of the molecule is CC(C)CN1CCC1(C)C(=O)NCc1ccc(C(F)(F)F)cc1. The number of nitrogens with one attached hydrogen (secondary N) is 1. The van der Waals surface area contributed by atoms with E-state index >= 15 is 0 Å². The summed E-state index contributed by atoms with van der Waals surface area (Å²) < 4.78 is 37.5. The van der Waals surface area contributed by atoms with Crippen LogP contribution in [0.5, 0.6) is 0 Å². The number of carbonyl (C=O) groups excluding carboxylic acids is 1. The van der Waals surface area contributed by atoms with Crippen LogP contribution < -0.4 is 5.32 Å². The predicted molar refractivity (Wildman–Crippen MR) is 82.7 cm³/mol. The maximum atomic E-state index is 12.5. The number of rotatable bonds is 5. The lowest BCUT2D eigenvalue weighted by molar-refractivity contribution is -0.142. The lowest BCUT2D eigenvalue weighted by atomic mass is 9.84. The number of carbonyl (C=O) groups is 1. The van der Waals surface area contributed by atoms with E-state index in [2.05, 4.69) is 24.1 Å². The molecule has 1 N–H and O–H groups in total. The standard InChI is InChI=1S/C17H23F3N2O/c1-12(2)11-22-9-8-16(22,3)15(23)21-10-13-4-6-14(7-5-13)17(18,19)20/h4-7,12H,8-11H2,1-3H3,(H,21,23). The van der Waals surface area contributed by atoms with Gasteiger partial charge in [0.1, 0.15) is 0 Å². The number of likely N-dealkylation sites (tertiary alicyclic amines) is 1. The van der Waals surface area contributed by atoms with E-state index < -0.39 is 17.3 Å². The highest BCUT2D eigenvalue weighted by atomic mass is 19.4. The molecule has 0 aromatic heterocycles. The maximum Gasteiger partial charge on any atom is 0.416 e. The van der Waals surface area contributed by atoms with Gasteiger partial charge in [-0.2, -0.15) is 13.2 Å². The number of hydrogen-bond acceptors (Lipinski definition) is 2. The molecule has 0 saturated carbocycles. The van der Waals surface area contributed by atoms with E-state index in [1.807, 2.05) is 6.92 Å². The van der Waals surface area contributed by atoms with E-state index in [4.69, 9.17) is 0 Å². The summed E-state index contributed by atoms with van der Waals surface area (Å²) in [5, 5.41) is 2.84. The summed E-state index contributed by atoms with van der Waals surface area (Å²) in [6, 6.07) is 4.88. The van der Waals surface area contributed by atoms with Crippen LogP contribution in [0.25, 0.3) is 0 Å². The minimum Gasteiger partial charge on any atom is -0.350 e. The molecule has 1 unspecified atom stereocenters. The second-order valence-corrected chi connectivity index (χ2v) is 6.74. The lowest BCUT2D eigenvalue weighted by Gasteiger charge is -2.50. The van der Waals surface area contributed by atoms with Crippen molar-refractivity contribution >= 4 is 5.91 Å². The van der Waals surface area contributed by atoms with Crippen LogP contribution in [0.4, 0.5) is 13.2 Å². The highest BCUT2D eigenvalue weighted by molar-refractivity contribution is 5.86. The van der Waals surface area contributed by atoms with Crippen molar-refractivity contribution in [1.29, 1.82) is 0 Å². The number of halogens is 3. The van der Waals surface area contributed by atoms with Gasteiger partial charge in [0.2, 0.25) is 5.91 Å². The van der Waals surface area contributed by atoms with E-state index in [-0.39, 0.29) is 12.5 Å². The average Bonchev–Trinajstić information content (AvgIpc) is 2.47. The zero-order valence-electron chi connectivity index (χ0n) is 13.7. The highest BCUT2D eigenvalue weighted by Crippen LogP contribution is 2.31. The Hall–Kier alpha value is -1.56. The molecule has 128 valence electrons. The van der Waals surface area contributed by atoms with Crippen LogP contribution in [-0.4, -0.2) is 29.4 Å². The summed E-state index contributed by atoms with van der Waals surface area (Å²) in [7, 11) is 0. The first kappa shape index (κ1) is 17.8. The van der Waals surface area contributed by atoms with Crippen molar-refractivity contribution in [3.63, 3.8) is 0 Å². The Morgan fingerprint density at radius 2 is 1.91 bits per heavy atom. The molecule has 1 aromatic rings. The molecule has 0 aliphatic carbocycles. The number of hydrogen-bond donors (Lipinski definition) is 1. The van der Waals surface area contributed by atoms with Crippen LogP contribution in [-0.2, 0) is 17.5 Å². The second kappa shape index (κ2) is 6.51. The van der Waals surface area contributed by atoms with Gasteiger partial charge in [-0.15, -0.1) is 0 Å². The molecule has 2 rings (SSSR count). The molecule has 23 heavy (non-hydrogen) atoms. The van der Waals surface area contributed by atoms with E-state index in [1.54, 1.807) is 0 Å². The van der Waals surface area contributed by atoms with Gasteiger partial charge >= 0.3 is 6.18 Å². The Labute approximate surface area is 134 Å². The van der Waals surface area contributed by atoms with E-state index in [9.17, 15) is 18.0 Å². The molecule has 3 nitrogen and oxygen atoms in total. The van der Waals surface area contributed by atoms with Crippen LogP contribution in [0.2, 0.25) is 0 Å². The van der Waals surface area contributed by atoms with E-state index in [1.165, 1.54) is 12.1 Å². The largest absolute Gasteiger partial charge is 0.416 e. The quantitative estimate of drug-likeness (QED) is 0.898. The third-order valence-corrected chi connectivity index (χ3v) is 4.38. The highest BCUT2D eigenvalue weighted by Gasteiger charge is 2.46. The molecule has 0 bridgehead atoms. The van der Waals surface area contributed by atoms with Crippen molar-refractivity contribution in [3.8, 4) is 0 Å². The van der Waals surface area contributed by atoms with Crippen molar-refractivity contribution in [3.05, 3.63) is 35.4 Å². The molecule has 1 heterocycles. The van der Waals surface area contributed by atoms with Crippen molar-refractivity contribution in [2.75, 3.05) is 13.1 Å². The second-order valence-electron chi connectivity index (χ2n) is 6.74. The van der Waals surface area contributed by atoms with Crippen molar-refractivity contribution in [1.82, 2.24) is 10.2 Å². The molecule has 1 aliphatic heterocycles. The normalized spacial score (nSPS) is 22.0. The predicted octanol–water partition coefficient (Wildman–Crippen LogP) is 3.44. The fourth-order valence-electron chi connectivity index (χ4n) is 2.78. The monoisotopic (exact) mass is 328 g/mol. The van der Waals surface area contributed by atoms with Gasteiger partial charge in [0.15, 0.2) is 0 Å². The molecular formula is C17H23F3N2O. The molecular weight excluding hydrogens is 305 g/mol. The Morgan fingerprint density at radius 1 is 1.30 bits per heavy atom. The number of amides is 1. The molecule has 0 spiro atoms. The third-order valence-electron chi connectivity index (χ3n) is 4.38. The zero-order chi connectivity index (χ0) is 17.3. The molecule has 0 radical (unpaired) electrons. The van der Waals surface area contributed by atoms with Gasteiger partial charge in [-0.25, -0.2) is 0 Å². The topological polar surface area (TPSA) is 32.3 Å². The van der Waals surface area contributed by atoms with Gasteiger partial charge in [-0.1, -0.05) is 26.0 Å².